The third kappa shape index (κ3) is 2.62. The number of ether oxygens (including phenoxy) is 1. The molecule has 10 heteroatoms. The van der Waals surface area contributed by atoms with Crippen molar-refractivity contribution in [2.45, 2.75) is 24.1 Å². The SMILES string of the molecule is O=C(O)C1=Cc2ccccc2OC1(C(O)C(F)(F)F)C(F)(F)F. The van der Waals surface area contributed by atoms with Crippen molar-refractivity contribution in [3.63, 3.8) is 0 Å². The van der Waals surface area contributed by atoms with Gasteiger partial charge in [-0.2, -0.15) is 26.3 Å². The monoisotopic (exact) mass is 342 g/mol. The van der Waals surface area contributed by atoms with Gasteiger partial charge in [-0.05, 0) is 12.1 Å². The number of hydrogen-bond donors (Lipinski definition) is 2. The molecule has 2 N–H and O–H groups in total. The Hall–Kier alpha value is -2.23. The van der Waals surface area contributed by atoms with Crippen molar-refractivity contribution in [1.82, 2.24) is 0 Å². The smallest absolute Gasteiger partial charge is 0.435 e. The molecule has 0 saturated heterocycles. The fourth-order valence-electron chi connectivity index (χ4n) is 2.20. The minimum atomic E-state index is -5.85. The number of rotatable bonds is 2. The summed E-state index contributed by atoms with van der Waals surface area (Å²) in [6.45, 7) is 0. The van der Waals surface area contributed by atoms with Gasteiger partial charge in [-0.25, -0.2) is 4.79 Å². The van der Waals surface area contributed by atoms with Gasteiger partial charge in [-0.1, -0.05) is 18.2 Å². The molecule has 1 aromatic carbocycles. The second-order valence-electron chi connectivity index (χ2n) is 4.68. The van der Waals surface area contributed by atoms with Crippen LogP contribution in [0.5, 0.6) is 5.75 Å². The molecule has 23 heavy (non-hydrogen) atoms. The minimum Gasteiger partial charge on any atom is -0.478 e. The predicted octanol–water partition coefficient (Wildman–Crippen LogP) is 2.77. The second kappa shape index (κ2) is 5.15. The third-order valence-corrected chi connectivity index (χ3v) is 3.24. The van der Waals surface area contributed by atoms with E-state index in [1.165, 1.54) is 18.2 Å². The predicted molar refractivity (Wildman–Crippen MR) is 63.5 cm³/mol. The maximum atomic E-state index is 13.4. The molecule has 1 aliphatic rings. The number of alkyl halides is 6. The molecule has 2 atom stereocenters. The molecule has 0 fully saturated rings. The fourth-order valence-corrected chi connectivity index (χ4v) is 2.20. The molecule has 0 amide bonds. The maximum Gasteiger partial charge on any atom is 0.435 e. The molecule has 1 aromatic rings. The van der Waals surface area contributed by atoms with Crippen molar-refractivity contribution in [3.05, 3.63) is 35.4 Å². The lowest BCUT2D eigenvalue weighted by Gasteiger charge is -2.42. The lowest BCUT2D eigenvalue weighted by molar-refractivity contribution is -0.319. The van der Waals surface area contributed by atoms with Crippen LogP contribution in [0.3, 0.4) is 0 Å². The number of carboxylic acid groups (broad SMARTS) is 1. The van der Waals surface area contributed by atoms with E-state index < -0.39 is 41.3 Å². The van der Waals surface area contributed by atoms with Gasteiger partial charge in [0.1, 0.15) is 5.75 Å². The summed E-state index contributed by atoms with van der Waals surface area (Å²) in [5.74, 6) is -2.92. The van der Waals surface area contributed by atoms with Gasteiger partial charge in [0.15, 0.2) is 0 Å². The molecule has 2 unspecified atom stereocenters. The van der Waals surface area contributed by atoms with Gasteiger partial charge < -0.3 is 14.9 Å². The number of carboxylic acids is 1. The standard InChI is InChI=1S/C13H8F6O4/c14-12(15,16)10(22)11(13(17,18)19)7(9(20)21)5-6-3-1-2-4-8(6)23-11/h1-5,10,22H,(H,20,21). The molecule has 2 rings (SSSR count). The van der Waals surface area contributed by atoms with E-state index in [9.17, 15) is 36.2 Å². The molecule has 0 saturated carbocycles. The Labute approximate surface area is 124 Å². The lowest BCUT2D eigenvalue weighted by Crippen LogP contribution is -2.66. The summed E-state index contributed by atoms with van der Waals surface area (Å²) in [4.78, 5) is 11.1. The highest BCUT2D eigenvalue weighted by molar-refractivity contribution is 5.96. The summed E-state index contributed by atoms with van der Waals surface area (Å²) in [7, 11) is 0. The van der Waals surface area contributed by atoms with Crippen LogP contribution < -0.4 is 4.74 Å². The van der Waals surface area contributed by atoms with Gasteiger partial charge in [-0.15, -0.1) is 0 Å². The van der Waals surface area contributed by atoms with Crippen molar-refractivity contribution < 1.29 is 46.1 Å². The highest BCUT2D eigenvalue weighted by Gasteiger charge is 2.73. The molecule has 0 aliphatic carbocycles. The summed E-state index contributed by atoms with van der Waals surface area (Å²) >= 11 is 0. The van der Waals surface area contributed by atoms with Gasteiger partial charge in [0.2, 0.25) is 6.10 Å². The summed E-state index contributed by atoms with van der Waals surface area (Å²) in [5.41, 5.74) is -6.38. The largest absolute Gasteiger partial charge is 0.478 e. The van der Waals surface area contributed by atoms with E-state index in [0.29, 0.717) is 6.08 Å². The summed E-state index contributed by atoms with van der Waals surface area (Å²) in [6.07, 6.45) is -15.3. The zero-order valence-electron chi connectivity index (χ0n) is 10.9. The van der Waals surface area contributed by atoms with E-state index in [1.54, 1.807) is 0 Å². The van der Waals surface area contributed by atoms with Gasteiger partial charge >= 0.3 is 18.3 Å². The number of fused-ring (bicyclic) bond motifs is 1. The third-order valence-electron chi connectivity index (χ3n) is 3.24. The minimum absolute atomic E-state index is 0.154. The number of benzene rings is 1. The highest BCUT2D eigenvalue weighted by Crippen LogP contribution is 2.50. The van der Waals surface area contributed by atoms with E-state index >= 15 is 0 Å². The quantitative estimate of drug-likeness (QED) is 0.811. The number of halogens is 6. The van der Waals surface area contributed by atoms with Gasteiger partial charge in [-0.3, -0.25) is 0 Å². The molecule has 0 spiro atoms. The normalized spacial score (nSPS) is 22.7. The first-order valence-electron chi connectivity index (χ1n) is 5.96. The number of aliphatic carboxylic acids is 1. The van der Waals surface area contributed by atoms with E-state index in [-0.39, 0.29) is 5.56 Å². The van der Waals surface area contributed by atoms with Gasteiger partial charge in [0.05, 0.1) is 5.57 Å². The topological polar surface area (TPSA) is 66.8 Å². The Morgan fingerprint density at radius 1 is 1.13 bits per heavy atom. The molecular formula is C13H8F6O4. The second-order valence-corrected chi connectivity index (χ2v) is 4.68. The van der Waals surface area contributed by atoms with Crippen molar-refractivity contribution in [2.24, 2.45) is 0 Å². The van der Waals surface area contributed by atoms with Crippen LogP contribution in [0.1, 0.15) is 5.56 Å². The fraction of sp³-hybridized carbons (Fsp3) is 0.308. The molecule has 0 radical (unpaired) electrons. The molecule has 1 heterocycles. The van der Waals surface area contributed by atoms with Crippen LogP contribution in [0.25, 0.3) is 6.08 Å². The molecule has 4 nitrogen and oxygen atoms in total. The number of aliphatic hydroxyl groups excluding tert-OH is 1. The summed E-state index contributed by atoms with van der Waals surface area (Å²) in [5, 5.41) is 18.2. The zero-order chi connectivity index (χ0) is 17.6. The maximum absolute atomic E-state index is 13.4. The Bertz CT molecular complexity index is 663. The number of aliphatic hydroxyl groups is 1. The Morgan fingerprint density at radius 3 is 2.17 bits per heavy atom. The van der Waals surface area contributed by atoms with Crippen LogP contribution in [0, 0.1) is 0 Å². The number of hydrogen-bond acceptors (Lipinski definition) is 3. The first-order chi connectivity index (χ1) is 10.4. The van der Waals surface area contributed by atoms with Crippen LogP contribution >= 0.6 is 0 Å². The number of carbonyl (C=O) groups is 1. The molecule has 126 valence electrons. The highest BCUT2D eigenvalue weighted by atomic mass is 19.4. The first kappa shape index (κ1) is 17.1. The van der Waals surface area contributed by atoms with E-state index in [1.807, 2.05) is 0 Å². The van der Waals surface area contributed by atoms with E-state index in [4.69, 9.17) is 5.11 Å². The summed E-state index contributed by atoms with van der Waals surface area (Å²) < 4.78 is 82.9. The van der Waals surface area contributed by atoms with Crippen molar-refractivity contribution in [1.29, 1.82) is 0 Å². The summed E-state index contributed by atoms with van der Waals surface area (Å²) in [6, 6.07) is 4.63. The average Bonchev–Trinajstić information content (AvgIpc) is 2.42. The van der Waals surface area contributed by atoms with Gasteiger partial charge in [0, 0.05) is 5.56 Å². The van der Waals surface area contributed by atoms with Crippen LogP contribution in [-0.2, 0) is 4.79 Å². The van der Waals surface area contributed by atoms with E-state index in [2.05, 4.69) is 4.74 Å². The molecule has 1 aliphatic heterocycles. The van der Waals surface area contributed by atoms with Crippen molar-refractivity contribution in [3.8, 4) is 5.75 Å². The van der Waals surface area contributed by atoms with E-state index in [0.717, 1.165) is 6.07 Å². The average molecular weight is 342 g/mol. The van der Waals surface area contributed by atoms with Crippen molar-refractivity contribution in [2.75, 3.05) is 0 Å². The van der Waals surface area contributed by atoms with Gasteiger partial charge in [0.25, 0.3) is 5.60 Å². The van der Waals surface area contributed by atoms with Crippen LogP contribution in [0.15, 0.2) is 29.8 Å². The molecule has 0 aromatic heterocycles. The first-order valence-corrected chi connectivity index (χ1v) is 5.96. The Morgan fingerprint density at radius 2 is 1.70 bits per heavy atom. The Balaban J connectivity index is 2.79. The molecule has 0 bridgehead atoms. The van der Waals surface area contributed by atoms with Crippen LogP contribution in [-0.4, -0.2) is 40.2 Å². The molecular weight excluding hydrogens is 334 g/mol. The van der Waals surface area contributed by atoms with Crippen LogP contribution in [0.4, 0.5) is 26.3 Å². The zero-order valence-corrected chi connectivity index (χ0v) is 10.9. The Kier molecular flexibility index (Phi) is 3.84. The number of para-hydroxylation sites is 1. The van der Waals surface area contributed by atoms with Crippen molar-refractivity contribution >= 4 is 12.0 Å². The lowest BCUT2D eigenvalue weighted by atomic mass is 9.82. The van der Waals surface area contributed by atoms with Crippen LogP contribution in [0.2, 0.25) is 0 Å².